The van der Waals surface area contributed by atoms with E-state index in [0.717, 1.165) is 64.7 Å². The van der Waals surface area contributed by atoms with Gasteiger partial charge in [-0.05, 0) is 50.6 Å². The molecular formula is C21H32N2O2. The molecule has 25 heavy (non-hydrogen) atoms. The van der Waals surface area contributed by atoms with Gasteiger partial charge in [-0.2, -0.15) is 0 Å². The minimum absolute atomic E-state index is 0.0292. The van der Waals surface area contributed by atoms with Gasteiger partial charge in [0.15, 0.2) is 0 Å². The van der Waals surface area contributed by atoms with Crippen molar-refractivity contribution in [3.05, 3.63) is 35.9 Å². The molecule has 0 radical (unpaired) electrons. The summed E-state index contributed by atoms with van der Waals surface area (Å²) in [7, 11) is 0. The molecule has 2 saturated heterocycles. The van der Waals surface area contributed by atoms with Gasteiger partial charge in [-0.1, -0.05) is 43.7 Å². The molecule has 2 aliphatic heterocycles. The Bertz CT molecular complexity index is 540. The van der Waals surface area contributed by atoms with Gasteiger partial charge in [0.1, 0.15) is 0 Å². The van der Waals surface area contributed by atoms with E-state index < -0.39 is 0 Å². The van der Waals surface area contributed by atoms with Crippen molar-refractivity contribution in [2.75, 3.05) is 19.8 Å². The van der Waals surface area contributed by atoms with E-state index in [9.17, 15) is 4.79 Å². The molecule has 1 spiro atoms. The van der Waals surface area contributed by atoms with Crippen LogP contribution in [0.5, 0.6) is 0 Å². The van der Waals surface area contributed by atoms with Crippen molar-refractivity contribution < 1.29 is 9.53 Å². The summed E-state index contributed by atoms with van der Waals surface area (Å²) in [6.45, 7) is 4.67. The van der Waals surface area contributed by atoms with Crippen LogP contribution in [0.4, 0.5) is 0 Å². The standard InChI is InChI=1S/C21H32N2O2/c1-2-6-18(10-9-17-7-4-3-5-8-17)23-20(24)19-11-14-22-21(19)12-15-25-16-13-21/h3-5,7-8,18-19,22H,2,6,9-16H2,1H3,(H,23,24). The van der Waals surface area contributed by atoms with Crippen molar-refractivity contribution in [2.24, 2.45) is 5.92 Å². The Morgan fingerprint density at radius 2 is 2.04 bits per heavy atom. The number of carbonyl (C=O) groups is 1. The third-order valence-corrected chi connectivity index (χ3v) is 5.89. The van der Waals surface area contributed by atoms with Gasteiger partial charge in [0.2, 0.25) is 5.91 Å². The van der Waals surface area contributed by atoms with E-state index in [2.05, 4.69) is 47.9 Å². The highest BCUT2D eigenvalue weighted by Crippen LogP contribution is 2.35. The SMILES string of the molecule is CCCC(CCc1ccccc1)NC(=O)C1CCNC12CCOCC2. The summed E-state index contributed by atoms with van der Waals surface area (Å²) < 4.78 is 5.52. The fraction of sp³-hybridized carbons (Fsp3) is 0.667. The predicted octanol–water partition coefficient (Wildman–Crippen LogP) is 3.06. The molecule has 2 atom stereocenters. The molecule has 0 aliphatic carbocycles. The highest BCUT2D eigenvalue weighted by molar-refractivity contribution is 5.81. The number of nitrogens with one attached hydrogen (secondary N) is 2. The molecule has 2 aliphatic rings. The van der Waals surface area contributed by atoms with Crippen molar-refractivity contribution in [2.45, 2.75) is 63.5 Å². The third-order valence-electron chi connectivity index (χ3n) is 5.89. The van der Waals surface area contributed by atoms with E-state index in [0.29, 0.717) is 0 Å². The fourth-order valence-corrected chi connectivity index (χ4v) is 4.43. The van der Waals surface area contributed by atoms with Crippen LogP contribution < -0.4 is 10.6 Å². The number of amides is 1. The van der Waals surface area contributed by atoms with E-state index in [4.69, 9.17) is 4.74 Å². The number of aryl methyl sites for hydroxylation is 1. The summed E-state index contributed by atoms with van der Waals surface area (Å²) in [5, 5.41) is 7.01. The zero-order valence-corrected chi connectivity index (χ0v) is 15.4. The maximum atomic E-state index is 13.0. The monoisotopic (exact) mass is 344 g/mol. The van der Waals surface area contributed by atoms with E-state index in [-0.39, 0.29) is 23.4 Å². The summed E-state index contributed by atoms with van der Waals surface area (Å²) in [5.41, 5.74) is 1.32. The minimum Gasteiger partial charge on any atom is -0.381 e. The molecule has 0 saturated carbocycles. The maximum Gasteiger partial charge on any atom is 0.225 e. The Labute approximate surface area is 151 Å². The molecule has 2 unspecified atom stereocenters. The van der Waals surface area contributed by atoms with Crippen molar-refractivity contribution >= 4 is 5.91 Å². The normalized spacial score (nSPS) is 23.5. The highest BCUT2D eigenvalue weighted by Gasteiger charge is 2.47. The average Bonchev–Trinajstić information content (AvgIpc) is 3.04. The van der Waals surface area contributed by atoms with E-state index in [1.165, 1.54) is 5.56 Å². The van der Waals surface area contributed by atoms with Gasteiger partial charge >= 0.3 is 0 Å². The summed E-state index contributed by atoms with van der Waals surface area (Å²) in [4.78, 5) is 13.0. The van der Waals surface area contributed by atoms with Gasteiger partial charge in [-0.3, -0.25) is 4.79 Å². The van der Waals surface area contributed by atoms with Crippen LogP contribution in [0.15, 0.2) is 30.3 Å². The molecule has 1 aromatic rings. The van der Waals surface area contributed by atoms with E-state index in [1.807, 2.05) is 0 Å². The van der Waals surface area contributed by atoms with Gasteiger partial charge in [-0.25, -0.2) is 0 Å². The molecule has 2 N–H and O–H groups in total. The van der Waals surface area contributed by atoms with Gasteiger partial charge in [0.05, 0.1) is 5.92 Å². The van der Waals surface area contributed by atoms with Crippen molar-refractivity contribution in [3.63, 3.8) is 0 Å². The summed E-state index contributed by atoms with van der Waals surface area (Å²) in [6.07, 6.45) is 7.04. The lowest BCUT2D eigenvalue weighted by molar-refractivity contribution is -0.129. The lowest BCUT2D eigenvalue weighted by Crippen LogP contribution is -2.54. The first-order chi connectivity index (χ1) is 12.2. The van der Waals surface area contributed by atoms with Crippen LogP contribution in [0, 0.1) is 5.92 Å². The van der Waals surface area contributed by atoms with Crippen LogP contribution >= 0.6 is 0 Å². The molecule has 3 rings (SSSR count). The first-order valence-electron chi connectivity index (χ1n) is 9.90. The Balaban J connectivity index is 1.58. The van der Waals surface area contributed by atoms with Crippen LogP contribution in [-0.2, 0) is 16.0 Å². The molecule has 2 fully saturated rings. The van der Waals surface area contributed by atoms with E-state index in [1.54, 1.807) is 0 Å². The van der Waals surface area contributed by atoms with Crippen molar-refractivity contribution in [1.82, 2.24) is 10.6 Å². The molecule has 2 heterocycles. The van der Waals surface area contributed by atoms with Gasteiger partial charge in [0, 0.05) is 24.8 Å². The molecule has 1 amide bonds. The van der Waals surface area contributed by atoms with Gasteiger partial charge < -0.3 is 15.4 Å². The minimum atomic E-state index is -0.0292. The largest absolute Gasteiger partial charge is 0.381 e. The maximum absolute atomic E-state index is 13.0. The number of hydrogen-bond donors (Lipinski definition) is 2. The zero-order valence-electron chi connectivity index (χ0n) is 15.4. The third kappa shape index (κ3) is 4.62. The molecule has 0 aromatic heterocycles. The Kier molecular flexibility index (Phi) is 6.49. The van der Waals surface area contributed by atoms with Crippen molar-refractivity contribution in [3.8, 4) is 0 Å². The molecular weight excluding hydrogens is 312 g/mol. The first-order valence-corrected chi connectivity index (χ1v) is 9.90. The van der Waals surface area contributed by atoms with Gasteiger partial charge in [-0.15, -0.1) is 0 Å². The molecule has 1 aromatic carbocycles. The topological polar surface area (TPSA) is 50.4 Å². The average molecular weight is 344 g/mol. The molecule has 4 heteroatoms. The number of carbonyl (C=O) groups excluding carboxylic acids is 1. The number of ether oxygens (including phenoxy) is 1. The van der Waals surface area contributed by atoms with Gasteiger partial charge in [0.25, 0.3) is 0 Å². The second kappa shape index (κ2) is 8.81. The molecule has 4 nitrogen and oxygen atoms in total. The number of rotatable bonds is 7. The lowest BCUT2D eigenvalue weighted by atomic mass is 9.78. The predicted molar refractivity (Wildman–Crippen MR) is 100 cm³/mol. The van der Waals surface area contributed by atoms with Crippen molar-refractivity contribution in [1.29, 1.82) is 0 Å². The quantitative estimate of drug-likeness (QED) is 0.799. The Morgan fingerprint density at radius 1 is 1.28 bits per heavy atom. The smallest absolute Gasteiger partial charge is 0.225 e. The summed E-state index contributed by atoms with van der Waals surface area (Å²) in [6, 6.07) is 10.8. The first kappa shape index (κ1) is 18.4. The highest BCUT2D eigenvalue weighted by atomic mass is 16.5. The summed E-state index contributed by atoms with van der Waals surface area (Å²) in [5.74, 6) is 0.339. The number of hydrogen-bond acceptors (Lipinski definition) is 3. The molecule has 0 bridgehead atoms. The summed E-state index contributed by atoms with van der Waals surface area (Å²) >= 11 is 0. The zero-order chi connectivity index (χ0) is 17.5. The number of benzene rings is 1. The second-order valence-electron chi connectivity index (χ2n) is 7.56. The van der Waals surface area contributed by atoms with Crippen LogP contribution in [0.1, 0.15) is 51.0 Å². The fourth-order valence-electron chi connectivity index (χ4n) is 4.43. The lowest BCUT2D eigenvalue weighted by Gasteiger charge is -2.38. The van der Waals surface area contributed by atoms with E-state index >= 15 is 0 Å². The van der Waals surface area contributed by atoms with Crippen LogP contribution in [-0.4, -0.2) is 37.2 Å². The van der Waals surface area contributed by atoms with Crippen LogP contribution in [0.3, 0.4) is 0 Å². The Hall–Kier alpha value is -1.39. The van der Waals surface area contributed by atoms with Crippen LogP contribution in [0.2, 0.25) is 0 Å². The second-order valence-corrected chi connectivity index (χ2v) is 7.56. The Morgan fingerprint density at radius 3 is 2.76 bits per heavy atom. The van der Waals surface area contributed by atoms with Crippen LogP contribution in [0.25, 0.3) is 0 Å². The molecule has 138 valence electrons.